The molecule has 4 heteroatoms. The molecule has 1 aliphatic carbocycles. The molecule has 2 aliphatic rings. The van der Waals surface area contributed by atoms with Crippen molar-refractivity contribution in [3.05, 3.63) is 35.5 Å². The van der Waals surface area contributed by atoms with Gasteiger partial charge in [0.2, 0.25) is 0 Å². The van der Waals surface area contributed by atoms with E-state index in [1.807, 2.05) is 19.9 Å². The SMILES string of the molecule is C=C1C(=O)O[C@H]2/C=C(/C)CC/C=C(/C)CC(OC(C)=O)[C@@H]12. The Balaban J connectivity index is 2.39. The first-order valence-electron chi connectivity index (χ1n) is 7.28. The molecule has 1 fully saturated rings. The molecule has 0 radical (unpaired) electrons. The van der Waals surface area contributed by atoms with E-state index in [1.54, 1.807) is 0 Å². The lowest BCUT2D eigenvalue weighted by Gasteiger charge is -2.26. The highest BCUT2D eigenvalue weighted by molar-refractivity contribution is 5.91. The zero-order valence-electron chi connectivity index (χ0n) is 12.8. The van der Waals surface area contributed by atoms with Gasteiger partial charge in [-0.1, -0.05) is 23.8 Å². The van der Waals surface area contributed by atoms with Gasteiger partial charge >= 0.3 is 11.9 Å². The Morgan fingerprint density at radius 3 is 2.76 bits per heavy atom. The fraction of sp³-hybridized carbons (Fsp3) is 0.529. The fourth-order valence-corrected chi connectivity index (χ4v) is 2.95. The van der Waals surface area contributed by atoms with Gasteiger partial charge in [-0.15, -0.1) is 0 Å². The number of esters is 2. The van der Waals surface area contributed by atoms with Gasteiger partial charge in [-0.2, -0.15) is 0 Å². The summed E-state index contributed by atoms with van der Waals surface area (Å²) in [5, 5.41) is 0. The molecule has 1 heterocycles. The van der Waals surface area contributed by atoms with Crippen molar-refractivity contribution in [1.82, 2.24) is 0 Å². The number of hydrogen-bond acceptors (Lipinski definition) is 4. The molecule has 1 unspecified atom stereocenters. The third kappa shape index (κ3) is 3.63. The van der Waals surface area contributed by atoms with Crippen molar-refractivity contribution < 1.29 is 19.1 Å². The normalized spacial score (nSPS) is 34.9. The summed E-state index contributed by atoms with van der Waals surface area (Å²) in [5.41, 5.74) is 2.71. The molecule has 0 amide bonds. The van der Waals surface area contributed by atoms with Crippen LogP contribution in [0.3, 0.4) is 0 Å². The molecular formula is C17H22O4. The third-order valence-electron chi connectivity index (χ3n) is 3.98. The molecule has 3 atom stereocenters. The van der Waals surface area contributed by atoms with Crippen LogP contribution >= 0.6 is 0 Å². The number of carbonyl (C=O) groups is 2. The average molecular weight is 290 g/mol. The van der Waals surface area contributed by atoms with E-state index in [-0.39, 0.29) is 18.0 Å². The molecule has 4 nitrogen and oxygen atoms in total. The molecule has 0 bridgehead atoms. The van der Waals surface area contributed by atoms with Crippen molar-refractivity contribution in [2.45, 2.75) is 52.2 Å². The fourth-order valence-electron chi connectivity index (χ4n) is 2.95. The lowest BCUT2D eigenvalue weighted by Crippen LogP contribution is -2.32. The Hall–Kier alpha value is -1.84. The van der Waals surface area contributed by atoms with Crippen LogP contribution in [0.1, 0.15) is 40.0 Å². The van der Waals surface area contributed by atoms with Gasteiger partial charge in [-0.25, -0.2) is 4.79 Å². The molecule has 2 rings (SSSR count). The van der Waals surface area contributed by atoms with Crippen LogP contribution in [-0.4, -0.2) is 24.1 Å². The first-order valence-corrected chi connectivity index (χ1v) is 7.28. The lowest BCUT2D eigenvalue weighted by molar-refractivity contribution is -0.149. The van der Waals surface area contributed by atoms with Crippen molar-refractivity contribution in [2.75, 3.05) is 0 Å². The van der Waals surface area contributed by atoms with Crippen LogP contribution in [0.4, 0.5) is 0 Å². The highest BCUT2D eigenvalue weighted by atomic mass is 16.6. The predicted molar refractivity (Wildman–Crippen MR) is 79.4 cm³/mol. The maximum Gasteiger partial charge on any atom is 0.334 e. The van der Waals surface area contributed by atoms with Crippen molar-refractivity contribution in [2.24, 2.45) is 5.92 Å². The number of ether oxygens (including phenoxy) is 2. The quantitative estimate of drug-likeness (QED) is 0.423. The van der Waals surface area contributed by atoms with E-state index in [4.69, 9.17) is 9.47 Å². The number of carbonyl (C=O) groups excluding carboxylic acids is 2. The summed E-state index contributed by atoms with van der Waals surface area (Å²) in [5.74, 6) is -1.05. The van der Waals surface area contributed by atoms with Crippen LogP contribution < -0.4 is 0 Å². The largest absolute Gasteiger partial charge is 0.461 e. The van der Waals surface area contributed by atoms with Crippen molar-refractivity contribution in [3.8, 4) is 0 Å². The summed E-state index contributed by atoms with van der Waals surface area (Å²) in [6.45, 7) is 9.27. The smallest absolute Gasteiger partial charge is 0.334 e. The van der Waals surface area contributed by atoms with Crippen molar-refractivity contribution in [1.29, 1.82) is 0 Å². The summed E-state index contributed by atoms with van der Waals surface area (Å²) < 4.78 is 10.9. The molecule has 0 aromatic carbocycles. The van der Waals surface area contributed by atoms with Crippen molar-refractivity contribution >= 4 is 11.9 Å². The first-order chi connectivity index (χ1) is 9.88. The predicted octanol–water partition coefficient (Wildman–Crippen LogP) is 3.09. The highest BCUT2D eigenvalue weighted by Crippen LogP contribution is 2.36. The molecule has 1 saturated heterocycles. The molecule has 114 valence electrons. The van der Waals surface area contributed by atoms with Crippen LogP contribution in [0.25, 0.3) is 0 Å². The van der Waals surface area contributed by atoms with Gasteiger partial charge in [0.1, 0.15) is 12.2 Å². The van der Waals surface area contributed by atoms with Gasteiger partial charge < -0.3 is 9.47 Å². The molecule has 21 heavy (non-hydrogen) atoms. The maximum atomic E-state index is 11.9. The summed E-state index contributed by atoms with van der Waals surface area (Å²) in [4.78, 5) is 23.2. The zero-order valence-corrected chi connectivity index (χ0v) is 12.8. The Morgan fingerprint density at radius 2 is 2.10 bits per heavy atom. The molecule has 0 aromatic rings. The van der Waals surface area contributed by atoms with Crippen LogP contribution in [0.2, 0.25) is 0 Å². The lowest BCUT2D eigenvalue weighted by atomic mass is 9.85. The second kappa shape index (κ2) is 6.29. The number of rotatable bonds is 1. The Labute approximate surface area is 125 Å². The minimum atomic E-state index is -0.412. The average Bonchev–Trinajstić information content (AvgIpc) is 2.62. The summed E-state index contributed by atoms with van der Waals surface area (Å²) in [6, 6.07) is 0. The van der Waals surface area contributed by atoms with Gasteiger partial charge in [-0.05, 0) is 32.8 Å². The van der Waals surface area contributed by atoms with E-state index in [0.717, 1.165) is 18.4 Å². The van der Waals surface area contributed by atoms with Gasteiger partial charge in [0, 0.05) is 18.9 Å². The van der Waals surface area contributed by atoms with E-state index in [0.29, 0.717) is 12.0 Å². The molecule has 0 saturated carbocycles. The molecule has 0 N–H and O–H groups in total. The van der Waals surface area contributed by atoms with Crippen molar-refractivity contribution in [3.63, 3.8) is 0 Å². The van der Waals surface area contributed by atoms with E-state index >= 15 is 0 Å². The Kier molecular flexibility index (Phi) is 4.66. The first kappa shape index (κ1) is 15.5. The number of hydrogen-bond donors (Lipinski definition) is 0. The standard InChI is InChI=1S/C17H22O4/c1-10-6-5-7-11(2)9-15-16(12(3)17(19)21-15)14(8-10)20-13(4)18/h6,9,14-16H,3,5,7-8H2,1-2,4H3/b10-6-,11-9-/t14?,15-,16+/m0/s1. The Bertz CT molecular complexity index is 527. The van der Waals surface area contributed by atoms with Crippen LogP contribution in [-0.2, 0) is 19.1 Å². The molecule has 1 aliphatic heterocycles. The monoisotopic (exact) mass is 290 g/mol. The molecular weight excluding hydrogens is 268 g/mol. The minimum absolute atomic E-state index is 0.308. The summed E-state index contributed by atoms with van der Waals surface area (Å²) in [6.07, 6.45) is 5.80. The summed E-state index contributed by atoms with van der Waals surface area (Å²) >= 11 is 0. The highest BCUT2D eigenvalue weighted by Gasteiger charge is 2.44. The maximum absolute atomic E-state index is 11.9. The summed E-state index contributed by atoms with van der Waals surface area (Å²) in [7, 11) is 0. The van der Waals surface area contributed by atoms with Crippen LogP contribution in [0.15, 0.2) is 35.5 Å². The van der Waals surface area contributed by atoms with E-state index in [1.165, 1.54) is 12.5 Å². The second-order valence-corrected chi connectivity index (χ2v) is 5.88. The van der Waals surface area contributed by atoms with Crippen LogP contribution in [0, 0.1) is 5.92 Å². The molecule has 0 aromatic heterocycles. The van der Waals surface area contributed by atoms with Gasteiger partial charge in [-0.3, -0.25) is 4.79 Å². The minimum Gasteiger partial charge on any atom is -0.461 e. The van der Waals surface area contributed by atoms with Gasteiger partial charge in [0.05, 0.1) is 5.92 Å². The number of allylic oxidation sites excluding steroid dienone is 2. The van der Waals surface area contributed by atoms with Gasteiger partial charge in [0.15, 0.2) is 0 Å². The van der Waals surface area contributed by atoms with Gasteiger partial charge in [0.25, 0.3) is 0 Å². The third-order valence-corrected chi connectivity index (χ3v) is 3.98. The Morgan fingerprint density at radius 1 is 1.38 bits per heavy atom. The van der Waals surface area contributed by atoms with E-state index in [2.05, 4.69) is 12.7 Å². The van der Waals surface area contributed by atoms with E-state index < -0.39 is 12.1 Å². The van der Waals surface area contributed by atoms with Crippen LogP contribution in [0.5, 0.6) is 0 Å². The topological polar surface area (TPSA) is 52.6 Å². The zero-order chi connectivity index (χ0) is 15.6. The second-order valence-electron chi connectivity index (χ2n) is 5.88. The van der Waals surface area contributed by atoms with E-state index in [9.17, 15) is 9.59 Å². The molecule has 0 spiro atoms. The number of fused-ring (bicyclic) bond motifs is 1.